The van der Waals surface area contributed by atoms with Crippen LogP contribution in [0.3, 0.4) is 0 Å². The fourth-order valence-electron chi connectivity index (χ4n) is 2.22. The zero-order valence-corrected chi connectivity index (χ0v) is 11.8. The van der Waals surface area contributed by atoms with E-state index in [0.717, 1.165) is 6.42 Å². The summed E-state index contributed by atoms with van der Waals surface area (Å²) < 4.78 is 5.61. The van der Waals surface area contributed by atoms with Gasteiger partial charge in [-0.15, -0.1) is 5.54 Å². The fraction of sp³-hybridized carbons (Fsp3) is 0.769. The predicted molar refractivity (Wildman–Crippen MR) is 66.7 cm³/mol. The molecule has 0 aromatic heterocycles. The summed E-state index contributed by atoms with van der Waals surface area (Å²) in [5.41, 5.74) is 2.66. The smallest absolute Gasteiger partial charge is 0.213 e. The average molecular weight is 236 g/mol. The second-order valence-corrected chi connectivity index (χ2v) is 11.6. The van der Waals surface area contributed by atoms with Gasteiger partial charge >= 0.3 is 0 Å². The van der Waals surface area contributed by atoms with Crippen molar-refractivity contribution in [1.82, 2.24) is 0 Å². The molecule has 1 aliphatic carbocycles. The Kier molecular flexibility index (Phi) is 2.38. The van der Waals surface area contributed by atoms with Gasteiger partial charge in [0.15, 0.2) is 5.78 Å². The third kappa shape index (κ3) is 2.09. The Hall–Kier alpha value is -0.593. The van der Waals surface area contributed by atoms with Crippen LogP contribution in [0.1, 0.15) is 26.7 Å². The maximum atomic E-state index is 12.1. The van der Waals surface area contributed by atoms with Crippen molar-refractivity contribution in [3.63, 3.8) is 0 Å². The SMILES string of the molecule is CC1(C)CC(=O)C2(C#C[Si](C)(C)C)OC2C1. The quantitative estimate of drug-likeness (QED) is 0.367. The first-order valence-electron chi connectivity index (χ1n) is 5.90. The summed E-state index contributed by atoms with van der Waals surface area (Å²) in [7, 11) is -1.42. The van der Waals surface area contributed by atoms with Gasteiger partial charge in [0.1, 0.15) is 14.2 Å². The summed E-state index contributed by atoms with van der Waals surface area (Å²) >= 11 is 0. The molecule has 88 valence electrons. The van der Waals surface area contributed by atoms with E-state index in [1.54, 1.807) is 0 Å². The summed E-state index contributed by atoms with van der Waals surface area (Å²) in [5.74, 6) is 3.33. The third-order valence-corrected chi connectivity index (χ3v) is 4.01. The highest BCUT2D eigenvalue weighted by Crippen LogP contribution is 2.51. The molecule has 1 saturated heterocycles. The van der Waals surface area contributed by atoms with E-state index in [4.69, 9.17) is 4.74 Å². The molecule has 2 aliphatic rings. The van der Waals surface area contributed by atoms with Gasteiger partial charge < -0.3 is 4.74 Å². The fourth-order valence-corrected chi connectivity index (χ4v) is 2.78. The van der Waals surface area contributed by atoms with E-state index in [-0.39, 0.29) is 17.3 Å². The molecule has 1 aliphatic heterocycles. The van der Waals surface area contributed by atoms with Crippen LogP contribution < -0.4 is 0 Å². The second kappa shape index (κ2) is 3.21. The molecule has 2 atom stereocenters. The molecule has 0 bridgehead atoms. The molecule has 0 aromatic rings. The Balaban J connectivity index is 2.19. The van der Waals surface area contributed by atoms with Gasteiger partial charge in [0.25, 0.3) is 0 Å². The van der Waals surface area contributed by atoms with Crippen LogP contribution in [0.25, 0.3) is 0 Å². The molecule has 2 fully saturated rings. The molecule has 0 N–H and O–H groups in total. The van der Waals surface area contributed by atoms with Gasteiger partial charge in [-0.3, -0.25) is 4.79 Å². The van der Waals surface area contributed by atoms with Crippen molar-refractivity contribution < 1.29 is 9.53 Å². The number of epoxide rings is 1. The van der Waals surface area contributed by atoms with Crippen molar-refractivity contribution in [3.05, 3.63) is 0 Å². The van der Waals surface area contributed by atoms with Crippen LogP contribution in [-0.4, -0.2) is 25.6 Å². The molecule has 0 spiro atoms. The van der Waals surface area contributed by atoms with Crippen LogP contribution in [0.15, 0.2) is 0 Å². The zero-order valence-electron chi connectivity index (χ0n) is 10.8. The van der Waals surface area contributed by atoms with E-state index in [0.29, 0.717) is 6.42 Å². The molecule has 0 amide bonds. The Morgan fingerprint density at radius 3 is 2.50 bits per heavy atom. The largest absolute Gasteiger partial charge is 0.345 e. The minimum atomic E-state index is -1.42. The number of ketones is 1. The number of Topliss-reactive ketones (excluding diaryl/α,β-unsaturated/α-hetero) is 1. The van der Waals surface area contributed by atoms with Crippen molar-refractivity contribution in [3.8, 4) is 11.5 Å². The average Bonchev–Trinajstić information content (AvgIpc) is 2.73. The monoisotopic (exact) mass is 236 g/mol. The number of carbonyl (C=O) groups excluding carboxylic acids is 1. The molecular formula is C13H20O2Si. The maximum absolute atomic E-state index is 12.1. The van der Waals surface area contributed by atoms with Gasteiger partial charge in [-0.05, 0) is 11.8 Å². The number of hydrogen-bond acceptors (Lipinski definition) is 2. The van der Waals surface area contributed by atoms with Crippen LogP contribution in [0.2, 0.25) is 19.6 Å². The number of carbonyl (C=O) groups is 1. The molecule has 2 nitrogen and oxygen atoms in total. The summed E-state index contributed by atoms with van der Waals surface area (Å²) in [6, 6.07) is 0. The highest BCUT2D eigenvalue weighted by atomic mass is 28.3. The van der Waals surface area contributed by atoms with Gasteiger partial charge in [-0.1, -0.05) is 39.4 Å². The van der Waals surface area contributed by atoms with Crippen molar-refractivity contribution in [2.75, 3.05) is 0 Å². The number of fused-ring (bicyclic) bond motifs is 1. The van der Waals surface area contributed by atoms with Gasteiger partial charge in [-0.2, -0.15) is 0 Å². The van der Waals surface area contributed by atoms with Crippen LogP contribution >= 0.6 is 0 Å². The van der Waals surface area contributed by atoms with Crippen LogP contribution in [0, 0.1) is 16.9 Å². The Labute approximate surface area is 98.8 Å². The van der Waals surface area contributed by atoms with E-state index in [1.807, 2.05) is 0 Å². The van der Waals surface area contributed by atoms with Crippen molar-refractivity contribution in [1.29, 1.82) is 0 Å². The van der Waals surface area contributed by atoms with Gasteiger partial charge in [0.05, 0.1) is 0 Å². The minimum Gasteiger partial charge on any atom is -0.345 e. The van der Waals surface area contributed by atoms with E-state index in [2.05, 4.69) is 45.0 Å². The first-order chi connectivity index (χ1) is 7.15. The van der Waals surface area contributed by atoms with E-state index in [9.17, 15) is 4.79 Å². The third-order valence-electron chi connectivity index (χ3n) is 3.14. The predicted octanol–water partition coefficient (Wildman–Crippen LogP) is 2.39. The highest BCUT2D eigenvalue weighted by Gasteiger charge is 2.65. The second-order valence-electron chi connectivity index (χ2n) is 6.81. The maximum Gasteiger partial charge on any atom is 0.213 e. The van der Waals surface area contributed by atoms with Gasteiger partial charge in [-0.25, -0.2) is 0 Å². The van der Waals surface area contributed by atoms with Crippen LogP contribution in [0.4, 0.5) is 0 Å². The summed E-state index contributed by atoms with van der Waals surface area (Å²) in [5, 5.41) is 0. The topological polar surface area (TPSA) is 29.6 Å². The normalized spacial score (nSPS) is 36.1. The standard InChI is InChI=1S/C13H20O2Si/c1-12(2)8-10(14)13(11(9-12)15-13)6-7-16(3,4)5/h11H,8-9H2,1-5H3. The molecule has 1 saturated carbocycles. The molecule has 1 heterocycles. The molecular weight excluding hydrogens is 216 g/mol. The van der Waals surface area contributed by atoms with Gasteiger partial charge in [0, 0.05) is 6.42 Å². The highest BCUT2D eigenvalue weighted by molar-refractivity contribution is 6.83. The Morgan fingerprint density at radius 2 is 2.00 bits per heavy atom. The lowest BCUT2D eigenvalue weighted by Gasteiger charge is -2.27. The number of hydrogen-bond donors (Lipinski definition) is 0. The molecule has 0 radical (unpaired) electrons. The zero-order chi connectivity index (χ0) is 12.2. The lowest BCUT2D eigenvalue weighted by Crippen LogP contribution is -2.37. The first-order valence-corrected chi connectivity index (χ1v) is 9.40. The lowest BCUT2D eigenvalue weighted by molar-refractivity contribution is -0.124. The summed E-state index contributed by atoms with van der Waals surface area (Å²) in [4.78, 5) is 12.1. The van der Waals surface area contributed by atoms with Crippen molar-refractivity contribution in [2.45, 2.75) is 58.0 Å². The molecule has 2 unspecified atom stereocenters. The van der Waals surface area contributed by atoms with Crippen molar-refractivity contribution in [2.24, 2.45) is 5.41 Å². The Morgan fingerprint density at radius 1 is 1.38 bits per heavy atom. The van der Waals surface area contributed by atoms with Crippen molar-refractivity contribution >= 4 is 13.9 Å². The molecule has 2 rings (SSSR count). The molecule has 0 aromatic carbocycles. The minimum absolute atomic E-state index is 0.0626. The van der Waals surface area contributed by atoms with E-state index < -0.39 is 13.7 Å². The van der Waals surface area contributed by atoms with Gasteiger partial charge in [0.2, 0.25) is 5.60 Å². The lowest BCUT2D eigenvalue weighted by atomic mass is 9.72. The van der Waals surface area contributed by atoms with E-state index >= 15 is 0 Å². The molecule has 16 heavy (non-hydrogen) atoms. The Bertz CT molecular complexity index is 394. The van der Waals surface area contributed by atoms with E-state index in [1.165, 1.54) is 0 Å². The first kappa shape index (κ1) is 11.9. The summed E-state index contributed by atoms with van der Waals surface area (Å²) in [6.45, 7) is 10.8. The van der Waals surface area contributed by atoms with Crippen LogP contribution in [0.5, 0.6) is 0 Å². The number of ether oxygens (including phenoxy) is 1. The summed E-state index contributed by atoms with van der Waals surface area (Å²) in [6.07, 6.45) is 1.62. The number of rotatable bonds is 0. The molecule has 3 heteroatoms. The van der Waals surface area contributed by atoms with Crippen LogP contribution in [-0.2, 0) is 9.53 Å².